The minimum absolute atomic E-state index is 0.172. The molecule has 0 aliphatic carbocycles. The number of carbonyl (C=O) groups is 1. The van der Waals surface area contributed by atoms with E-state index >= 15 is 0 Å². The van der Waals surface area contributed by atoms with Crippen molar-refractivity contribution in [2.24, 2.45) is 0 Å². The van der Waals surface area contributed by atoms with E-state index < -0.39 is 0 Å². The number of halogens is 1. The minimum Gasteiger partial charge on any atom is -0.484 e. The van der Waals surface area contributed by atoms with Crippen molar-refractivity contribution in [1.82, 2.24) is 25.2 Å². The number of benzene rings is 2. The van der Waals surface area contributed by atoms with Gasteiger partial charge in [0.15, 0.2) is 11.7 Å². The summed E-state index contributed by atoms with van der Waals surface area (Å²) in [7, 11) is 0. The van der Waals surface area contributed by atoms with E-state index in [2.05, 4.69) is 25.8 Å². The number of hydrogen-bond donors (Lipinski definition) is 1. The molecule has 0 saturated heterocycles. The third-order valence-corrected chi connectivity index (χ3v) is 4.35. The van der Waals surface area contributed by atoms with Crippen LogP contribution in [0.1, 0.15) is 0 Å². The molecule has 8 nitrogen and oxygen atoms in total. The van der Waals surface area contributed by atoms with Crippen LogP contribution in [0.25, 0.3) is 15.9 Å². The number of nitrogens with zero attached hydrogens (tertiary/aromatic N) is 5. The number of carbonyl (C=O) groups excluding carboxylic acids is 1. The molecule has 0 spiro atoms. The van der Waals surface area contributed by atoms with E-state index in [1.807, 2.05) is 0 Å². The Morgan fingerprint density at radius 2 is 2.08 bits per heavy atom. The third-order valence-electron chi connectivity index (χ3n) is 3.42. The monoisotopic (exact) mass is 370 g/mol. The molecule has 0 aliphatic heterocycles. The lowest BCUT2D eigenvalue weighted by Gasteiger charge is -2.06. The topological polar surface area (TPSA) is 94.8 Å². The van der Waals surface area contributed by atoms with Crippen molar-refractivity contribution in [2.75, 3.05) is 11.9 Å². The first-order chi connectivity index (χ1) is 12.7. The third kappa shape index (κ3) is 3.49. The van der Waals surface area contributed by atoms with Gasteiger partial charge in [-0.2, -0.15) is 0 Å². The summed E-state index contributed by atoms with van der Waals surface area (Å²) in [4.78, 5) is 16.2. The SMILES string of the molecule is O=C(COc1ccc(-n2cnnn2)cc1)Nc1nc2ccc(F)cc2s1. The Hall–Kier alpha value is -3.40. The van der Waals surface area contributed by atoms with Gasteiger partial charge in [0.25, 0.3) is 5.91 Å². The molecular formula is C16H11FN6O2S. The van der Waals surface area contributed by atoms with Gasteiger partial charge in [-0.3, -0.25) is 10.1 Å². The molecule has 0 atom stereocenters. The van der Waals surface area contributed by atoms with Gasteiger partial charge in [0.1, 0.15) is 17.9 Å². The van der Waals surface area contributed by atoms with Crippen molar-refractivity contribution in [2.45, 2.75) is 0 Å². The molecule has 0 bridgehead atoms. The number of amides is 1. The summed E-state index contributed by atoms with van der Waals surface area (Å²) in [6, 6.07) is 11.2. The van der Waals surface area contributed by atoms with Gasteiger partial charge < -0.3 is 4.74 Å². The molecule has 0 fully saturated rings. The van der Waals surface area contributed by atoms with Gasteiger partial charge in [0.2, 0.25) is 0 Å². The minimum atomic E-state index is -0.353. The number of rotatable bonds is 5. The van der Waals surface area contributed by atoms with Gasteiger partial charge in [-0.1, -0.05) is 11.3 Å². The van der Waals surface area contributed by atoms with E-state index in [9.17, 15) is 9.18 Å². The summed E-state index contributed by atoms with van der Waals surface area (Å²) in [6.45, 7) is -0.172. The molecule has 2 heterocycles. The normalized spacial score (nSPS) is 10.8. The fourth-order valence-corrected chi connectivity index (χ4v) is 3.14. The molecule has 4 rings (SSSR count). The quantitative estimate of drug-likeness (QED) is 0.580. The van der Waals surface area contributed by atoms with Gasteiger partial charge in [0.05, 0.1) is 15.9 Å². The Balaban J connectivity index is 1.35. The number of aromatic nitrogens is 5. The van der Waals surface area contributed by atoms with E-state index in [1.165, 1.54) is 34.5 Å². The van der Waals surface area contributed by atoms with Gasteiger partial charge >= 0.3 is 0 Å². The standard InChI is InChI=1S/C16H11FN6O2S/c17-10-1-6-13-14(7-10)26-16(19-13)20-15(24)8-25-12-4-2-11(3-5-12)23-9-18-21-22-23/h1-7,9H,8H2,(H,19,20,24). The first-order valence-electron chi connectivity index (χ1n) is 7.49. The molecule has 0 unspecified atom stereocenters. The molecule has 26 heavy (non-hydrogen) atoms. The number of thiazole rings is 1. The second-order valence-electron chi connectivity index (χ2n) is 5.22. The number of ether oxygens (including phenoxy) is 1. The summed E-state index contributed by atoms with van der Waals surface area (Å²) in [5.74, 6) is -0.162. The molecule has 2 aromatic heterocycles. The van der Waals surface area contributed by atoms with E-state index in [4.69, 9.17) is 4.74 Å². The zero-order chi connectivity index (χ0) is 17.9. The van der Waals surface area contributed by atoms with Crippen molar-refractivity contribution in [3.63, 3.8) is 0 Å². The molecule has 0 aliphatic rings. The van der Waals surface area contributed by atoms with Crippen molar-refractivity contribution in [1.29, 1.82) is 0 Å². The average Bonchev–Trinajstić information content (AvgIpc) is 3.29. The number of fused-ring (bicyclic) bond motifs is 1. The van der Waals surface area contributed by atoms with Crippen molar-refractivity contribution < 1.29 is 13.9 Å². The van der Waals surface area contributed by atoms with E-state index in [0.717, 1.165) is 5.69 Å². The zero-order valence-corrected chi connectivity index (χ0v) is 14.0. The van der Waals surface area contributed by atoms with Crippen molar-refractivity contribution >= 4 is 32.6 Å². The van der Waals surface area contributed by atoms with Crippen molar-refractivity contribution in [3.8, 4) is 11.4 Å². The first-order valence-corrected chi connectivity index (χ1v) is 8.31. The molecule has 4 aromatic rings. The van der Waals surface area contributed by atoms with Crippen LogP contribution in [0.3, 0.4) is 0 Å². The van der Waals surface area contributed by atoms with Gasteiger partial charge in [-0.05, 0) is 52.9 Å². The maximum Gasteiger partial charge on any atom is 0.264 e. The van der Waals surface area contributed by atoms with E-state index in [-0.39, 0.29) is 18.3 Å². The fourth-order valence-electron chi connectivity index (χ4n) is 2.23. The number of hydrogen-bond acceptors (Lipinski definition) is 7. The molecule has 1 N–H and O–H groups in total. The Morgan fingerprint density at radius 1 is 1.23 bits per heavy atom. The second-order valence-corrected chi connectivity index (χ2v) is 6.25. The summed E-state index contributed by atoms with van der Waals surface area (Å²) in [5, 5.41) is 14.0. The Kier molecular flexibility index (Phi) is 4.23. The van der Waals surface area contributed by atoms with Crippen molar-refractivity contribution in [3.05, 3.63) is 54.6 Å². The first kappa shape index (κ1) is 16.1. The number of tetrazole rings is 1. The lowest BCUT2D eigenvalue weighted by atomic mass is 10.3. The second kappa shape index (κ2) is 6.84. The molecule has 10 heteroatoms. The number of nitrogens with one attached hydrogen (secondary N) is 1. The summed E-state index contributed by atoms with van der Waals surface area (Å²) in [5.41, 5.74) is 1.40. The highest BCUT2D eigenvalue weighted by molar-refractivity contribution is 7.22. The lowest BCUT2D eigenvalue weighted by molar-refractivity contribution is -0.118. The molecule has 130 valence electrons. The predicted octanol–water partition coefficient (Wildman–Crippen LogP) is 2.43. The van der Waals surface area contributed by atoms with Crippen LogP contribution in [0.2, 0.25) is 0 Å². The fraction of sp³-hybridized carbons (Fsp3) is 0.0625. The van der Waals surface area contributed by atoms with Crippen LogP contribution >= 0.6 is 11.3 Å². The largest absolute Gasteiger partial charge is 0.484 e. The summed E-state index contributed by atoms with van der Waals surface area (Å²) < 4.78 is 20.8. The Labute approximate surface area is 150 Å². The molecule has 1 amide bonds. The van der Waals surface area contributed by atoms with Gasteiger partial charge in [-0.15, -0.1) is 5.10 Å². The van der Waals surface area contributed by atoms with Crippen LogP contribution in [0, 0.1) is 5.82 Å². The Bertz CT molecular complexity index is 1050. The summed E-state index contributed by atoms with van der Waals surface area (Å²) >= 11 is 1.20. The van der Waals surface area contributed by atoms with Gasteiger partial charge in [-0.25, -0.2) is 14.1 Å². The Morgan fingerprint density at radius 3 is 2.85 bits per heavy atom. The average molecular weight is 370 g/mol. The highest BCUT2D eigenvalue weighted by Crippen LogP contribution is 2.26. The summed E-state index contributed by atoms with van der Waals surface area (Å²) in [6.07, 6.45) is 1.48. The van der Waals surface area contributed by atoms with E-state index in [0.29, 0.717) is 21.1 Å². The van der Waals surface area contributed by atoms with Gasteiger partial charge in [0, 0.05) is 0 Å². The van der Waals surface area contributed by atoms with Crippen LogP contribution in [-0.2, 0) is 4.79 Å². The van der Waals surface area contributed by atoms with Crippen LogP contribution < -0.4 is 10.1 Å². The maximum atomic E-state index is 13.2. The highest BCUT2D eigenvalue weighted by Gasteiger charge is 2.09. The lowest BCUT2D eigenvalue weighted by Crippen LogP contribution is -2.20. The van der Waals surface area contributed by atoms with Crippen LogP contribution in [0.15, 0.2) is 48.8 Å². The zero-order valence-electron chi connectivity index (χ0n) is 13.2. The molecule has 0 saturated carbocycles. The molecular weight excluding hydrogens is 359 g/mol. The number of anilines is 1. The maximum absolute atomic E-state index is 13.2. The predicted molar refractivity (Wildman–Crippen MR) is 92.9 cm³/mol. The molecule has 0 radical (unpaired) electrons. The van der Waals surface area contributed by atoms with Crippen LogP contribution in [-0.4, -0.2) is 37.7 Å². The molecule has 2 aromatic carbocycles. The van der Waals surface area contributed by atoms with E-state index in [1.54, 1.807) is 30.3 Å². The van der Waals surface area contributed by atoms with Crippen LogP contribution in [0.5, 0.6) is 5.75 Å². The smallest absolute Gasteiger partial charge is 0.264 e. The van der Waals surface area contributed by atoms with Crippen LogP contribution in [0.4, 0.5) is 9.52 Å². The highest BCUT2D eigenvalue weighted by atomic mass is 32.1.